The van der Waals surface area contributed by atoms with Gasteiger partial charge in [-0.15, -0.1) is 0 Å². The SMILES string of the molecule is CCCC(C)(Nc1ncc(Br)c(OC)n1)C(=O)OC. The maximum Gasteiger partial charge on any atom is 0.331 e. The van der Waals surface area contributed by atoms with E-state index in [2.05, 4.69) is 31.2 Å². The van der Waals surface area contributed by atoms with E-state index in [4.69, 9.17) is 9.47 Å². The van der Waals surface area contributed by atoms with Crippen LogP contribution in [-0.4, -0.2) is 35.7 Å². The third-order valence-electron chi connectivity index (χ3n) is 2.68. The third kappa shape index (κ3) is 3.79. The van der Waals surface area contributed by atoms with E-state index in [0.29, 0.717) is 22.7 Å². The molecule has 0 fully saturated rings. The zero-order valence-corrected chi connectivity index (χ0v) is 13.1. The maximum absolute atomic E-state index is 11.9. The van der Waals surface area contributed by atoms with Crippen LogP contribution in [-0.2, 0) is 9.53 Å². The number of ether oxygens (including phenoxy) is 2. The highest BCUT2D eigenvalue weighted by molar-refractivity contribution is 9.10. The van der Waals surface area contributed by atoms with E-state index in [1.807, 2.05) is 6.92 Å². The molecule has 1 aromatic rings. The van der Waals surface area contributed by atoms with Crippen LogP contribution in [0.15, 0.2) is 10.7 Å². The number of hydrogen-bond donors (Lipinski definition) is 1. The molecule has 0 saturated carbocycles. The van der Waals surface area contributed by atoms with E-state index in [-0.39, 0.29) is 5.97 Å². The van der Waals surface area contributed by atoms with Crippen LogP contribution in [0.3, 0.4) is 0 Å². The molecule has 1 unspecified atom stereocenters. The molecule has 6 nitrogen and oxygen atoms in total. The van der Waals surface area contributed by atoms with E-state index < -0.39 is 5.54 Å². The third-order valence-corrected chi connectivity index (χ3v) is 3.22. The Morgan fingerprint density at radius 3 is 2.74 bits per heavy atom. The summed E-state index contributed by atoms with van der Waals surface area (Å²) in [5.41, 5.74) is -0.859. The number of aromatic nitrogens is 2. The van der Waals surface area contributed by atoms with Gasteiger partial charge in [-0.05, 0) is 29.3 Å². The van der Waals surface area contributed by atoms with Crippen molar-refractivity contribution in [1.82, 2.24) is 9.97 Å². The van der Waals surface area contributed by atoms with Crippen LogP contribution in [0.25, 0.3) is 0 Å². The Kier molecular flexibility index (Phi) is 5.53. The minimum Gasteiger partial charge on any atom is -0.480 e. The van der Waals surface area contributed by atoms with Gasteiger partial charge in [0, 0.05) is 0 Å². The Labute approximate surface area is 121 Å². The van der Waals surface area contributed by atoms with Gasteiger partial charge in [0.1, 0.15) is 5.54 Å². The van der Waals surface area contributed by atoms with Gasteiger partial charge in [-0.3, -0.25) is 0 Å². The number of rotatable bonds is 6. The Balaban J connectivity index is 2.99. The summed E-state index contributed by atoms with van der Waals surface area (Å²) >= 11 is 3.27. The molecule has 1 N–H and O–H groups in total. The van der Waals surface area contributed by atoms with Crippen molar-refractivity contribution in [3.63, 3.8) is 0 Å². The van der Waals surface area contributed by atoms with Crippen molar-refractivity contribution >= 4 is 27.8 Å². The van der Waals surface area contributed by atoms with Gasteiger partial charge in [0.15, 0.2) is 0 Å². The van der Waals surface area contributed by atoms with Crippen molar-refractivity contribution in [3.05, 3.63) is 10.7 Å². The molecule has 1 rings (SSSR count). The number of hydrogen-bond acceptors (Lipinski definition) is 6. The number of nitrogens with zero attached hydrogens (tertiary/aromatic N) is 2. The first-order valence-electron chi connectivity index (χ1n) is 5.90. The minimum atomic E-state index is -0.859. The molecule has 0 aliphatic heterocycles. The van der Waals surface area contributed by atoms with Crippen LogP contribution in [0, 0.1) is 0 Å². The molecule has 0 aliphatic carbocycles. The topological polar surface area (TPSA) is 73.3 Å². The molecule has 0 aliphatic rings. The number of nitrogens with one attached hydrogen (secondary N) is 1. The zero-order valence-electron chi connectivity index (χ0n) is 11.5. The predicted molar refractivity (Wildman–Crippen MR) is 75.2 cm³/mol. The fourth-order valence-corrected chi connectivity index (χ4v) is 2.10. The van der Waals surface area contributed by atoms with Crippen LogP contribution in [0.4, 0.5) is 5.95 Å². The Hall–Kier alpha value is -1.37. The van der Waals surface area contributed by atoms with Gasteiger partial charge in [0.05, 0.1) is 24.9 Å². The number of halogens is 1. The van der Waals surface area contributed by atoms with Gasteiger partial charge >= 0.3 is 5.97 Å². The van der Waals surface area contributed by atoms with E-state index >= 15 is 0 Å². The van der Waals surface area contributed by atoms with Crippen molar-refractivity contribution in [1.29, 1.82) is 0 Å². The van der Waals surface area contributed by atoms with Gasteiger partial charge < -0.3 is 14.8 Å². The average Bonchev–Trinajstić information content (AvgIpc) is 2.40. The second-order valence-electron chi connectivity index (χ2n) is 4.25. The number of esters is 1. The van der Waals surface area contributed by atoms with E-state index in [9.17, 15) is 4.79 Å². The monoisotopic (exact) mass is 331 g/mol. The Morgan fingerprint density at radius 1 is 1.53 bits per heavy atom. The number of carbonyl (C=O) groups is 1. The lowest BCUT2D eigenvalue weighted by Crippen LogP contribution is -2.44. The molecule has 0 saturated heterocycles. The summed E-state index contributed by atoms with van der Waals surface area (Å²) in [5.74, 6) is 0.377. The summed E-state index contributed by atoms with van der Waals surface area (Å²) < 4.78 is 10.6. The van der Waals surface area contributed by atoms with Gasteiger partial charge in [-0.2, -0.15) is 4.98 Å². The molecule has 1 heterocycles. The molecular weight excluding hydrogens is 314 g/mol. The smallest absolute Gasteiger partial charge is 0.331 e. The zero-order chi connectivity index (χ0) is 14.5. The maximum atomic E-state index is 11.9. The van der Waals surface area contributed by atoms with E-state index in [0.717, 1.165) is 6.42 Å². The van der Waals surface area contributed by atoms with Gasteiger partial charge in [-0.25, -0.2) is 9.78 Å². The molecule has 1 aromatic heterocycles. The highest BCUT2D eigenvalue weighted by Gasteiger charge is 2.34. The lowest BCUT2D eigenvalue weighted by atomic mass is 9.96. The minimum absolute atomic E-state index is 0.321. The quantitative estimate of drug-likeness (QED) is 0.807. The highest BCUT2D eigenvalue weighted by Crippen LogP contribution is 2.25. The average molecular weight is 332 g/mol. The Morgan fingerprint density at radius 2 is 2.21 bits per heavy atom. The van der Waals surface area contributed by atoms with E-state index in [1.165, 1.54) is 14.2 Å². The lowest BCUT2D eigenvalue weighted by molar-refractivity contribution is -0.145. The van der Waals surface area contributed by atoms with E-state index in [1.54, 1.807) is 13.1 Å². The van der Waals surface area contributed by atoms with Crippen LogP contribution in [0.1, 0.15) is 26.7 Å². The first-order chi connectivity index (χ1) is 8.96. The number of carbonyl (C=O) groups excluding carboxylic acids is 1. The molecule has 19 heavy (non-hydrogen) atoms. The van der Waals surface area contributed by atoms with Crippen molar-refractivity contribution in [3.8, 4) is 5.88 Å². The Bertz CT molecular complexity index is 456. The summed E-state index contributed by atoms with van der Waals surface area (Å²) in [7, 11) is 2.88. The molecule has 7 heteroatoms. The molecular formula is C12H18BrN3O3. The normalized spacial score (nSPS) is 13.5. The van der Waals surface area contributed by atoms with Gasteiger partial charge in [0.2, 0.25) is 11.8 Å². The standard InChI is InChI=1S/C12H18BrN3O3/c1-5-6-12(2,10(17)19-4)16-11-14-7-8(13)9(15-11)18-3/h7H,5-6H2,1-4H3,(H,14,15,16). The summed E-state index contributed by atoms with van der Waals surface area (Å²) in [6.45, 7) is 3.76. The number of anilines is 1. The van der Waals surface area contributed by atoms with Crippen molar-refractivity contribution in [2.45, 2.75) is 32.2 Å². The molecule has 0 radical (unpaired) electrons. The molecule has 0 spiro atoms. The van der Waals surface area contributed by atoms with Crippen LogP contribution < -0.4 is 10.1 Å². The largest absolute Gasteiger partial charge is 0.480 e. The predicted octanol–water partition coefficient (Wildman–Crippen LogP) is 2.39. The van der Waals surface area contributed by atoms with Crippen molar-refractivity contribution < 1.29 is 14.3 Å². The van der Waals surface area contributed by atoms with Crippen LogP contribution >= 0.6 is 15.9 Å². The fourth-order valence-electron chi connectivity index (χ4n) is 1.74. The molecule has 106 valence electrons. The fraction of sp³-hybridized carbons (Fsp3) is 0.583. The van der Waals surface area contributed by atoms with Gasteiger partial charge in [0.25, 0.3) is 0 Å². The first kappa shape index (κ1) is 15.7. The first-order valence-corrected chi connectivity index (χ1v) is 6.69. The number of methoxy groups -OCH3 is 2. The summed E-state index contributed by atoms with van der Waals surface area (Å²) in [6.07, 6.45) is 3.01. The highest BCUT2D eigenvalue weighted by atomic mass is 79.9. The van der Waals surface area contributed by atoms with Gasteiger partial charge in [-0.1, -0.05) is 13.3 Å². The summed E-state index contributed by atoms with van der Waals surface area (Å²) in [5, 5.41) is 3.01. The van der Waals surface area contributed by atoms with Crippen molar-refractivity contribution in [2.24, 2.45) is 0 Å². The molecule has 0 bridgehead atoms. The van der Waals surface area contributed by atoms with Crippen molar-refractivity contribution in [2.75, 3.05) is 19.5 Å². The second kappa shape index (κ2) is 6.70. The second-order valence-corrected chi connectivity index (χ2v) is 5.10. The van der Waals surface area contributed by atoms with Crippen LogP contribution in [0.5, 0.6) is 5.88 Å². The molecule has 1 atom stereocenters. The molecule has 0 amide bonds. The summed E-state index contributed by atoms with van der Waals surface area (Å²) in [6, 6.07) is 0. The lowest BCUT2D eigenvalue weighted by Gasteiger charge is -2.27. The van der Waals surface area contributed by atoms with Crippen LogP contribution in [0.2, 0.25) is 0 Å². The molecule has 0 aromatic carbocycles. The summed E-state index contributed by atoms with van der Waals surface area (Å²) in [4.78, 5) is 20.2.